The predicted octanol–water partition coefficient (Wildman–Crippen LogP) is 3.48. The molecule has 1 amide bonds. The highest BCUT2D eigenvalue weighted by molar-refractivity contribution is 5.91. The highest BCUT2D eigenvalue weighted by Crippen LogP contribution is 2.34. The number of rotatable bonds is 3. The van der Waals surface area contributed by atoms with Crippen LogP contribution in [0.25, 0.3) is 0 Å². The molecule has 1 saturated carbocycles. The van der Waals surface area contributed by atoms with Crippen LogP contribution in [-0.2, 0) is 17.7 Å². The SMILES string of the molecule is CC1CC1NCc1cccc2c1N(C(=O)OC(C)(C)C)CC2. The highest BCUT2D eigenvalue weighted by Gasteiger charge is 2.33. The molecule has 1 heterocycles. The van der Waals surface area contributed by atoms with Gasteiger partial charge in [0, 0.05) is 19.1 Å². The standard InChI is InChI=1S/C18H26N2O2/c1-12-10-15(12)19-11-14-7-5-6-13-8-9-20(16(13)14)17(21)22-18(2,3)4/h5-7,12,15,19H,8-11H2,1-4H3. The molecule has 1 aromatic carbocycles. The first-order chi connectivity index (χ1) is 10.3. The van der Waals surface area contributed by atoms with E-state index in [-0.39, 0.29) is 6.09 Å². The van der Waals surface area contributed by atoms with Gasteiger partial charge >= 0.3 is 6.09 Å². The van der Waals surface area contributed by atoms with Crippen LogP contribution in [0.4, 0.5) is 10.5 Å². The van der Waals surface area contributed by atoms with Crippen molar-refractivity contribution in [3.63, 3.8) is 0 Å². The van der Waals surface area contributed by atoms with Crippen molar-refractivity contribution in [1.82, 2.24) is 5.32 Å². The number of fused-ring (bicyclic) bond motifs is 1. The minimum absolute atomic E-state index is 0.238. The Labute approximate surface area is 132 Å². The maximum atomic E-state index is 12.5. The number of ether oxygens (including phenoxy) is 1. The van der Waals surface area contributed by atoms with E-state index in [4.69, 9.17) is 4.74 Å². The molecule has 1 N–H and O–H groups in total. The molecule has 0 saturated heterocycles. The van der Waals surface area contributed by atoms with Crippen LogP contribution >= 0.6 is 0 Å². The Hall–Kier alpha value is -1.55. The first-order valence-electron chi connectivity index (χ1n) is 8.20. The smallest absolute Gasteiger partial charge is 0.414 e. The fourth-order valence-electron chi connectivity index (χ4n) is 3.03. The molecule has 1 fully saturated rings. The van der Waals surface area contributed by atoms with Crippen LogP contribution in [-0.4, -0.2) is 24.3 Å². The number of hydrogen-bond acceptors (Lipinski definition) is 3. The quantitative estimate of drug-likeness (QED) is 0.929. The minimum atomic E-state index is -0.462. The fourth-order valence-corrected chi connectivity index (χ4v) is 3.03. The summed E-state index contributed by atoms with van der Waals surface area (Å²) in [6.45, 7) is 9.51. The van der Waals surface area contributed by atoms with Gasteiger partial charge in [0.2, 0.25) is 0 Å². The molecule has 0 bridgehead atoms. The monoisotopic (exact) mass is 302 g/mol. The van der Waals surface area contributed by atoms with E-state index in [0.717, 1.165) is 24.6 Å². The lowest BCUT2D eigenvalue weighted by Gasteiger charge is -2.26. The first kappa shape index (κ1) is 15.3. The largest absolute Gasteiger partial charge is 0.443 e. The fraction of sp³-hybridized carbons (Fsp3) is 0.611. The van der Waals surface area contributed by atoms with Crippen molar-refractivity contribution >= 4 is 11.8 Å². The maximum Gasteiger partial charge on any atom is 0.414 e. The van der Waals surface area contributed by atoms with E-state index < -0.39 is 5.60 Å². The van der Waals surface area contributed by atoms with Gasteiger partial charge in [-0.25, -0.2) is 4.79 Å². The van der Waals surface area contributed by atoms with Gasteiger partial charge in [-0.1, -0.05) is 25.1 Å². The molecule has 1 aliphatic heterocycles. The van der Waals surface area contributed by atoms with Gasteiger partial charge in [-0.05, 0) is 50.7 Å². The highest BCUT2D eigenvalue weighted by atomic mass is 16.6. The Morgan fingerprint density at radius 2 is 2.14 bits per heavy atom. The molecular weight excluding hydrogens is 276 g/mol. The van der Waals surface area contributed by atoms with Gasteiger partial charge in [0.25, 0.3) is 0 Å². The van der Waals surface area contributed by atoms with Gasteiger partial charge in [-0.2, -0.15) is 0 Å². The number of nitrogens with one attached hydrogen (secondary N) is 1. The van der Waals surface area contributed by atoms with E-state index in [0.29, 0.717) is 12.6 Å². The molecule has 2 unspecified atom stereocenters. The third kappa shape index (κ3) is 3.27. The van der Waals surface area contributed by atoms with Crippen molar-refractivity contribution in [2.45, 2.75) is 58.7 Å². The molecule has 4 nitrogen and oxygen atoms in total. The van der Waals surface area contributed by atoms with Gasteiger partial charge in [0.1, 0.15) is 5.60 Å². The molecule has 0 aromatic heterocycles. The second-order valence-corrected chi connectivity index (χ2v) is 7.51. The van der Waals surface area contributed by atoms with Gasteiger partial charge in [-0.3, -0.25) is 4.90 Å². The van der Waals surface area contributed by atoms with Crippen LogP contribution in [0.3, 0.4) is 0 Å². The summed E-state index contributed by atoms with van der Waals surface area (Å²) in [4.78, 5) is 14.3. The van der Waals surface area contributed by atoms with E-state index in [1.807, 2.05) is 20.8 Å². The van der Waals surface area contributed by atoms with Crippen LogP contribution in [0.5, 0.6) is 0 Å². The van der Waals surface area contributed by atoms with Gasteiger partial charge in [-0.15, -0.1) is 0 Å². The minimum Gasteiger partial charge on any atom is -0.443 e. The maximum absolute atomic E-state index is 12.5. The summed E-state index contributed by atoms with van der Waals surface area (Å²) in [5, 5.41) is 3.58. The van der Waals surface area contributed by atoms with Gasteiger partial charge < -0.3 is 10.1 Å². The molecule has 2 atom stereocenters. The van der Waals surface area contributed by atoms with Crippen LogP contribution in [0.2, 0.25) is 0 Å². The Bertz CT molecular complexity index is 577. The topological polar surface area (TPSA) is 41.6 Å². The molecule has 0 radical (unpaired) electrons. The van der Waals surface area contributed by atoms with Crippen molar-refractivity contribution in [2.24, 2.45) is 5.92 Å². The Morgan fingerprint density at radius 1 is 1.41 bits per heavy atom. The molecule has 3 rings (SSSR count). The summed E-state index contributed by atoms with van der Waals surface area (Å²) in [5.41, 5.74) is 3.03. The molecular formula is C18H26N2O2. The van der Waals surface area contributed by atoms with Crippen LogP contribution in [0.1, 0.15) is 45.2 Å². The second kappa shape index (κ2) is 5.58. The van der Waals surface area contributed by atoms with Crippen LogP contribution in [0.15, 0.2) is 18.2 Å². The summed E-state index contributed by atoms with van der Waals surface area (Å²) < 4.78 is 5.56. The summed E-state index contributed by atoms with van der Waals surface area (Å²) in [5.74, 6) is 0.777. The van der Waals surface area contributed by atoms with Crippen molar-refractivity contribution in [1.29, 1.82) is 0 Å². The molecule has 4 heteroatoms. The average Bonchev–Trinajstić information content (AvgIpc) is 2.96. The zero-order chi connectivity index (χ0) is 15.9. The van der Waals surface area contributed by atoms with E-state index in [9.17, 15) is 4.79 Å². The third-order valence-corrected chi connectivity index (χ3v) is 4.36. The number of anilines is 1. The van der Waals surface area contributed by atoms with Crippen molar-refractivity contribution < 1.29 is 9.53 Å². The lowest BCUT2D eigenvalue weighted by Crippen LogP contribution is -2.36. The molecule has 0 spiro atoms. The first-order valence-corrected chi connectivity index (χ1v) is 8.20. The van der Waals surface area contributed by atoms with Gasteiger partial charge in [0.15, 0.2) is 0 Å². The van der Waals surface area contributed by atoms with E-state index >= 15 is 0 Å². The van der Waals surface area contributed by atoms with E-state index in [1.165, 1.54) is 17.5 Å². The molecule has 2 aliphatic rings. The van der Waals surface area contributed by atoms with Crippen LogP contribution in [0, 0.1) is 5.92 Å². The summed E-state index contributed by atoms with van der Waals surface area (Å²) in [6.07, 6.45) is 1.92. The number of hydrogen-bond donors (Lipinski definition) is 1. The normalized spacial score (nSPS) is 23.4. The summed E-state index contributed by atoms with van der Waals surface area (Å²) in [7, 11) is 0. The molecule has 120 valence electrons. The average molecular weight is 302 g/mol. The molecule has 1 aromatic rings. The Kier molecular flexibility index (Phi) is 3.89. The molecule has 22 heavy (non-hydrogen) atoms. The number of carbonyl (C=O) groups excluding carboxylic acids is 1. The lowest BCUT2D eigenvalue weighted by atomic mass is 10.1. The number of nitrogens with zero attached hydrogens (tertiary/aromatic N) is 1. The van der Waals surface area contributed by atoms with Crippen molar-refractivity contribution in [3.05, 3.63) is 29.3 Å². The van der Waals surface area contributed by atoms with E-state index in [1.54, 1.807) is 4.90 Å². The zero-order valence-corrected chi connectivity index (χ0v) is 14.0. The van der Waals surface area contributed by atoms with Crippen molar-refractivity contribution in [2.75, 3.05) is 11.4 Å². The molecule has 1 aliphatic carbocycles. The van der Waals surface area contributed by atoms with Gasteiger partial charge in [0.05, 0.1) is 5.69 Å². The predicted molar refractivity (Wildman–Crippen MR) is 88.1 cm³/mol. The number of para-hydroxylation sites is 1. The number of amides is 1. The number of carbonyl (C=O) groups is 1. The second-order valence-electron chi connectivity index (χ2n) is 7.51. The lowest BCUT2D eigenvalue weighted by molar-refractivity contribution is 0.0583. The summed E-state index contributed by atoms with van der Waals surface area (Å²) in [6, 6.07) is 6.95. The van der Waals surface area contributed by atoms with E-state index in [2.05, 4.69) is 30.4 Å². The zero-order valence-electron chi connectivity index (χ0n) is 14.0. The Balaban J connectivity index is 1.77. The van der Waals surface area contributed by atoms with Crippen molar-refractivity contribution in [3.8, 4) is 0 Å². The third-order valence-electron chi connectivity index (χ3n) is 4.36. The number of benzene rings is 1. The van der Waals surface area contributed by atoms with Crippen LogP contribution < -0.4 is 10.2 Å². The Morgan fingerprint density at radius 3 is 2.77 bits per heavy atom. The summed E-state index contributed by atoms with van der Waals surface area (Å²) >= 11 is 0.